The highest BCUT2D eigenvalue weighted by molar-refractivity contribution is 5.44. The third-order valence-electron chi connectivity index (χ3n) is 1.70. The van der Waals surface area contributed by atoms with Crippen molar-refractivity contribution in [1.29, 1.82) is 0 Å². The SMILES string of the molecule is COc1c(O)n2nccc2[nH]c1=O. The van der Waals surface area contributed by atoms with Gasteiger partial charge in [0.15, 0.2) is 0 Å². The number of methoxy groups -OCH3 is 1. The van der Waals surface area contributed by atoms with Gasteiger partial charge in [0, 0.05) is 6.07 Å². The molecular formula is C7H7N3O3. The Labute approximate surface area is 72.4 Å². The fourth-order valence-electron chi connectivity index (χ4n) is 1.12. The molecule has 0 fully saturated rings. The molecule has 0 atom stereocenters. The number of nitrogens with one attached hydrogen (secondary N) is 1. The maximum Gasteiger partial charge on any atom is 0.297 e. The van der Waals surface area contributed by atoms with Crippen molar-refractivity contribution in [2.24, 2.45) is 0 Å². The number of nitrogens with zero attached hydrogens (tertiary/aromatic N) is 2. The Bertz CT molecular complexity index is 499. The third-order valence-corrected chi connectivity index (χ3v) is 1.70. The van der Waals surface area contributed by atoms with E-state index in [1.807, 2.05) is 0 Å². The average Bonchev–Trinajstić information content (AvgIpc) is 2.53. The Morgan fingerprint density at radius 2 is 2.46 bits per heavy atom. The topological polar surface area (TPSA) is 79.6 Å². The molecule has 0 spiro atoms. The first-order valence-corrected chi connectivity index (χ1v) is 3.57. The minimum atomic E-state index is -0.479. The van der Waals surface area contributed by atoms with Gasteiger partial charge in [0.2, 0.25) is 5.75 Å². The smallest absolute Gasteiger partial charge is 0.297 e. The highest BCUT2D eigenvalue weighted by atomic mass is 16.5. The zero-order valence-corrected chi connectivity index (χ0v) is 6.81. The molecule has 2 aromatic rings. The number of aromatic amines is 1. The van der Waals surface area contributed by atoms with Crippen molar-refractivity contribution in [2.75, 3.05) is 7.11 Å². The van der Waals surface area contributed by atoms with E-state index in [-0.39, 0.29) is 11.6 Å². The molecule has 0 saturated carbocycles. The number of H-pyrrole nitrogens is 1. The summed E-state index contributed by atoms with van der Waals surface area (Å²) in [5.41, 5.74) is -0.0590. The lowest BCUT2D eigenvalue weighted by Gasteiger charge is -2.02. The van der Waals surface area contributed by atoms with Crippen LogP contribution in [0.3, 0.4) is 0 Å². The summed E-state index contributed by atoms with van der Waals surface area (Å²) in [6.07, 6.45) is 1.46. The molecule has 0 unspecified atom stereocenters. The standard InChI is InChI=1S/C7H7N3O3/c1-13-5-6(11)9-4-2-3-8-10(4)7(5)12/h2-3,12H,1H3,(H,9,11). The van der Waals surface area contributed by atoms with Crippen LogP contribution in [0.15, 0.2) is 17.1 Å². The van der Waals surface area contributed by atoms with Gasteiger partial charge in [-0.05, 0) is 0 Å². The van der Waals surface area contributed by atoms with Crippen LogP contribution in [0.4, 0.5) is 0 Å². The van der Waals surface area contributed by atoms with Crippen LogP contribution >= 0.6 is 0 Å². The fourth-order valence-corrected chi connectivity index (χ4v) is 1.12. The molecule has 2 N–H and O–H groups in total. The summed E-state index contributed by atoms with van der Waals surface area (Å²) in [7, 11) is 1.31. The summed E-state index contributed by atoms with van der Waals surface area (Å²) in [5, 5.41) is 13.3. The molecule has 0 aliphatic rings. The molecule has 6 nitrogen and oxygen atoms in total. The largest absolute Gasteiger partial charge is 0.490 e. The number of hydrogen-bond acceptors (Lipinski definition) is 4. The zero-order chi connectivity index (χ0) is 9.42. The van der Waals surface area contributed by atoms with E-state index in [1.165, 1.54) is 17.8 Å². The first kappa shape index (κ1) is 7.66. The van der Waals surface area contributed by atoms with Crippen molar-refractivity contribution in [3.63, 3.8) is 0 Å². The predicted octanol–water partition coefficient (Wildman–Crippen LogP) is -0.263. The first-order chi connectivity index (χ1) is 6.24. The lowest BCUT2D eigenvalue weighted by molar-refractivity contribution is 0.349. The van der Waals surface area contributed by atoms with Crippen LogP contribution in [-0.4, -0.2) is 26.8 Å². The van der Waals surface area contributed by atoms with Gasteiger partial charge in [-0.15, -0.1) is 0 Å². The molecule has 68 valence electrons. The Balaban J connectivity index is 2.93. The average molecular weight is 181 g/mol. The van der Waals surface area contributed by atoms with E-state index < -0.39 is 5.56 Å². The van der Waals surface area contributed by atoms with E-state index in [9.17, 15) is 9.90 Å². The second kappa shape index (κ2) is 2.51. The van der Waals surface area contributed by atoms with Crippen molar-refractivity contribution in [3.8, 4) is 11.6 Å². The molecule has 2 heterocycles. The Morgan fingerprint density at radius 3 is 3.15 bits per heavy atom. The Hall–Kier alpha value is -1.98. The van der Waals surface area contributed by atoms with Crippen LogP contribution in [0.1, 0.15) is 0 Å². The molecule has 2 rings (SSSR count). The van der Waals surface area contributed by atoms with Gasteiger partial charge >= 0.3 is 0 Å². The van der Waals surface area contributed by atoms with E-state index in [4.69, 9.17) is 4.74 Å². The van der Waals surface area contributed by atoms with Crippen molar-refractivity contribution < 1.29 is 9.84 Å². The lowest BCUT2D eigenvalue weighted by Crippen LogP contribution is -2.12. The maximum atomic E-state index is 11.2. The van der Waals surface area contributed by atoms with Crippen LogP contribution in [0.2, 0.25) is 0 Å². The summed E-state index contributed by atoms with van der Waals surface area (Å²) in [6, 6.07) is 1.57. The minimum Gasteiger partial charge on any atom is -0.490 e. The second-order valence-electron chi connectivity index (χ2n) is 2.44. The highest BCUT2D eigenvalue weighted by Crippen LogP contribution is 2.19. The maximum absolute atomic E-state index is 11.2. The van der Waals surface area contributed by atoms with Gasteiger partial charge in [0.1, 0.15) is 5.65 Å². The van der Waals surface area contributed by atoms with E-state index in [0.717, 1.165) is 0 Å². The van der Waals surface area contributed by atoms with Crippen LogP contribution < -0.4 is 10.3 Å². The second-order valence-corrected chi connectivity index (χ2v) is 2.44. The predicted molar refractivity (Wildman–Crippen MR) is 44.0 cm³/mol. The third kappa shape index (κ3) is 0.952. The minimum absolute atomic E-state index is 0.142. The molecule has 6 heteroatoms. The Kier molecular flexibility index (Phi) is 1.48. The number of hydrogen-bond donors (Lipinski definition) is 2. The van der Waals surface area contributed by atoms with Gasteiger partial charge in [-0.1, -0.05) is 0 Å². The van der Waals surface area contributed by atoms with Gasteiger partial charge in [-0.2, -0.15) is 9.61 Å². The molecule has 0 bridgehead atoms. The first-order valence-electron chi connectivity index (χ1n) is 3.57. The van der Waals surface area contributed by atoms with E-state index in [1.54, 1.807) is 6.07 Å². The fraction of sp³-hybridized carbons (Fsp3) is 0.143. The van der Waals surface area contributed by atoms with Crippen LogP contribution in [-0.2, 0) is 0 Å². The van der Waals surface area contributed by atoms with Crippen LogP contribution in [0, 0.1) is 0 Å². The van der Waals surface area contributed by atoms with E-state index in [2.05, 4.69) is 10.1 Å². The molecule has 0 aliphatic heterocycles. The molecule has 2 aromatic heterocycles. The zero-order valence-electron chi connectivity index (χ0n) is 6.81. The van der Waals surface area contributed by atoms with E-state index in [0.29, 0.717) is 5.65 Å². The quantitative estimate of drug-likeness (QED) is 0.635. The number of aromatic hydroxyl groups is 1. The summed E-state index contributed by atoms with van der Waals surface area (Å²) >= 11 is 0. The number of aromatic nitrogens is 3. The summed E-state index contributed by atoms with van der Waals surface area (Å²) in [4.78, 5) is 13.7. The summed E-state index contributed by atoms with van der Waals surface area (Å²) in [5.74, 6) is -0.442. The molecule has 0 radical (unpaired) electrons. The molecule has 0 aromatic carbocycles. The molecule has 13 heavy (non-hydrogen) atoms. The monoisotopic (exact) mass is 181 g/mol. The number of fused-ring (bicyclic) bond motifs is 1. The molecular weight excluding hydrogens is 174 g/mol. The number of ether oxygens (including phenoxy) is 1. The van der Waals surface area contributed by atoms with Crippen molar-refractivity contribution in [2.45, 2.75) is 0 Å². The van der Waals surface area contributed by atoms with Gasteiger partial charge in [-0.25, -0.2) is 0 Å². The van der Waals surface area contributed by atoms with Crippen LogP contribution in [0.5, 0.6) is 11.6 Å². The van der Waals surface area contributed by atoms with E-state index >= 15 is 0 Å². The van der Waals surface area contributed by atoms with Gasteiger partial charge in [0.05, 0.1) is 13.3 Å². The summed E-state index contributed by atoms with van der Waals surface area (Å²) < 4.78 is 5.88. The van der Waals surface area contributed by atoms with Crippen molar-refractivity contribution in [1.82, 2.24) is 14.6 Å². The highest BCUT2D eigenvalue weighted by Gasteiger charge is 2.11. The van der Waals surface area contributed by atoms with Gasteiger partial charge in [0.25, 0.3) is 11.4 Å². The lowest BCUT2D eigenvalue weighted by atomic mass is 10.5. The van der Waals surface area contributed by atoms with Gasteiger partial charge < -0.3 is 14.8 Å². The normalized spacial score (nSPS) is 10.5. The molecule has 0 saturated heterocycles. The molecule has 0 amide bonds. The number of rotatable bonds is 1. The van der Waals surface area contributed by atoms with Gasteiger partial charge in [-0.3, -0.25) is 4.79 Å². The molecule has 0 aliphatic carbocycles. The van der Waals surface area contributed by atoms with Crippen LogP contribution in [0.25, 0.3) is 5.65 Å². The summed E-state index contributed by atoms with van der Waals surface area (Å²) in [6.45, 7) is 0. The van der Waals surface area contributed by atoms with Crippen molar-refractivity contribution >= 4 is 5.65 Å². The Morgan fingerprint density at radius 1 is 1.69 bits per heavy atom. The van der Waals surface area contributed by atoms with Crippen molar-refractivity contribution in [3.05, 3.63) is 22.6 Å².